The lowest BCUT2D eigenvalue weighted by Gasteiger charge is -2.20. The number of nitrogens with two attached hydrogens (primary N) is 1. The molecule has 0 saturated carbocycles. The van der Waals surface area contributed by atoms with Gasteiger partial charge in [-0.15, -0.1) is 5.10 Å². The first-order valence-electron chi connectivity index (χ1n) is 9.17. The fourth-order valence-electron chi connectivity index (χ4n) is 3.34. The SMILES string of the molecule is COCc1nc(-c2cc(C3CCOCC3)[nH]n2)n(-c2ccc(S(N)(=O)=O)cc2)n1. The molecule has 0 amide bonds. The van der Waals surface area contributed by atoms with Gasteiger partial charge >= 0.3 is 0 Å². The van der Waals surface area contributed by atoms with E-state index in [0.29, 0.717) is 28.9 Å². The molecule has 1 aliphatic heterocycles. The minimum atomic E-state index is -3.77. The first-order valence-corrected chi connectivity index (χ1v) is 10.7. The number of aromatic amines is 1. The number of nitrogens with zero attached hydrogens (tertiary/aromatic N) is 4. The van der Waals surface area contributed by atoms with E-state index in [9.17, 15) is 8.42 Å². The standard InChI is InChI=1S/C18H22N6O4S/c1-27-11-17-20-18(16-10-15(21-22-16)12-6-8-28-9-7-12)24(23-17)13-2-4-14(5-3-13)29(19,25)26/h2-5,10,12H,6-9,11H2,1H3,(H,21,22)(H2,19,25,26). The number of rotatable bonds is 6. The Labute approximate surface area is 168 Å². The quantitative estimate of drug-likeness (QED) is 0.616. The molecule has 3 N–H and O–H groups in total. The zero-order valence-electron chi connectivity index (χ0n) is 15.9. The van der Waals surface area contributed by atoms with E-state index in [0.717, 1.165) is 31.7 Å². The number of ether oxygens (including phenoxy) is 2. The highest BCUT2D eigenvalue weighted by molar-refractivity contribution is 7.89. The van der Waals surface area contributed by atoms with Gasteiger partial charge in [0.2, 0.25) is 10.0 Å². The summed E-state index contributed by atoms with van der Waals surface area (Å²) in [7, 11) is -2.20. The first-order chi connectivity index (χ1) is 14.0. The molecular formula is C18H22N6O4S. The van der Waals surface area contributed by atoms with Crippen LogP contribution in [0.15, 0.2) is 35.2 Å². The summed E-state index contributed by atoms with van der Waals surface area (Å²) in [5, 5.41) is 17.2. The molecule has 2 aromatic heterocycles. The predicted octanol–water partition coefficient (Wildman–Crippen LogP) is 1.35. The highest BCUT2D eigenvalue weighted by Crippen LogP contribution is 2.29. The summed E-state index contributed by atoms with van der Waals surface area (Å²) in [6.45, 7) is 1.72. The third-order valence-electron chi connectivity index (χ3n) is 4.82. The van der Waals surface area contributed by atoms with Gasteiger partial charge < -0.3 is 9.47 Å². The maximum Gasteiger partial charge on any atom is 0.238 e. The smallest absolute Gasteiger partial charge is 0.238 e. The van der Waals surface area contributed by atoms with Crippen LogP contribution in [0.3, 0.4) is 0 Å². The van der Waals surface area contributed by atoms with E-state index in [2.05, 4.69) is 20.3 Å². The van der Waals surface area contributed by atoms with E-state index < -0.39 is 10.0 Å². The van der Waals surface area contributed by atoms with Crippen molar-refractivity contribution in [1.82, 2.24) is 25.0 Å². The highest BCUT2D eigenvalue weighted by Gasteiger charge is 2.21. The van der Waals surface area contributed by atoms with Crippen molar-refractivity contribution in [3.8, 4) is 17.2 Å². The number of primary sulfonamides is 1. The van der Waals surface area contributed by atoms with Crippen LogP contribution in [0, 0.1) is 0 Å². The van der Waals surface area contributed by atoms with Crippen LogP contribution < -0.4 is 5.14 Å². The molecule has 0 atom stereocenters. The van der Waals surface area contributed by atoms with Crippen LogP contribution in [0.25, 0.3) is 17.2 Å². The van der Waals surface area contributed by atoms with E-state index in [1.54, 1.807) is 23.9 Å². The average Bonchev–Trinajstić information content (AvgIpc) is 3.36. The second kappa shape index (κ2) is 8.03. The maximum absolute atomic E-state index is 11.5. The minimum absolute atomic E-state index is 0.0293. The summed E-state index contributed by atoms with van der Waals surface area (Å²) in [6, 6.07) is 8.10. The van der Waals surface area contributed by atoms with E-state index in [1.165, 1.54) is 12.1 Å². The predicted molar refractivity (Wildman–Crippen MR) is 104 cm³/mol. The Bertz CT molecular complexity index is 1080. The zero-order chi connectivity index (χ0) is 20.4. The van der Waals surface area contributed by atoms with Gasteiger partial charge in [-0.25, -0.2) is 23.2 Å². The Morgan fingerprint density at radius 3 is 2.66 bits per heavy atom. The second-order valence-electron chi connectivity index (χ2n) is 6.83. The molecule has 10 nitrogen and oxygen atoms in total. The van der Waals surface area contributed by atoms with Crippen molar-refractivity contribution in [2.75, 3.05) is 20.3 Å². The summed E-state index contributed by atoms with van der Waals surface area (Å²) in [5.41, 5.74) is 2.32. The summed E-state index contributed by atoms with van der Waals surface area (Å²) in [5.74, 6) is 1.40. The molecule has 3 aromatic rings. The van der Waals surface area contributed by atoms with Crippen LogP contribution in [0.1, 0.15) is 30.3 Å². The van der Waals surface area contributed by atoms with Gasteiger partial charge in [0.25, 0.3) is 0 Å². The van der Waals surface area contributed by atoms with Gasteiger partial charge in [-0.3, -0.25) is 5.10 Å². The highest BCUT2D eigenvalue weighted by atomic mass is 32.2. The Hall–Kier alpha value is -2.60. The molecule has 0 spiro atoms. The molecule has 3 heterocycles. The normalized spacial score (nSPS) is 15.7. The Morgan fingerprint density at radius 1 is 1.28 bits per heavy atom. The number of hydrogen-bond donors (Lipinski definition) is 2. The first kappa shape index (κ1) is 19.7. The monoisotopic (exact) mass is 418 g/mol. The number of methoxy groups -OCH3 is 1. The lowest BCUT2D eigenvalue weighted by molar-refractivity contribution is 0.0845. The van der Waals surface area contributed by atoms with Crippen molar-refractivity contribution in [2.24, 2.45) is 5.14 Å². The number of aromatic nitrogens is 5. The molecule has 0 aliphatic carbocycles. The van der Waals surface area contributed by atoms with Crippen LogP contribution in [0.2, 0.25) is 0 Å². The van der Waals surface area contributed by atoms with Gasteiger partial charge in [0.05, 0.1) is 10.6 Å². The summed E-state index contributed by atoms with van der Waals surface area (Å²) in [6.07, 6.45) is 1.89. The van der Waals surface area contributed by atoms with Gasteiger partial charge in [-0.2, -0.15) is 5.10 Å². The van der Waals surface area contributed by atoms with Gasteiger partial charge in [-0.05, 0) is 43.2 Å². The number of H-pyrrole nitrogens is 1. The van der Waals surface area contributed by atoms with E-state index in [-0.39, 0.29) is 11.5 Å². The van der Waals surface area contributed by atoms with Crippen molar-refractivity contribution >= 4 is 10.0 Å². The molecular weight excluding hydrogens is 396 g/mol. The summed E-state index contributed by atoms with van der Waals surface area (Å²) >= 11 is 0. The van der Waals surface area contributed by atoms with E-state index in [4.69, 9.17) is 14.6 Å². The molecule has 1 aliphatic rings. The fourth-order valence-corrected chi connectivity index (χ4v) is 3.85. The van der Waals surface area contributed by atoms with Crippen LogP contribution in [0.5, 0.6) is 0 Å². The van der Waals surface area contributed by atoms with Crippen molar-refractivity contribution < 1.29 is 17.9 Å². The molecule has 1 saturated heterocycles. The third kappa shape index (κ3) is 4.22. The van der Waals surface area contributed by atoms with Crippen molar-refractivity contribution in [3.05, 3.63) is 41.9 Å². The topological polar surface area (TPSA) is 138 Å². The minimum Gasteiger partial charge on any atom is -0.381 e. The summed E-state index contributed by atoms with van der Waals surface area (Å²) < 4.78 is 35.2. The van der Waals surface area contributed by atoms with Gasteiger partial charge in [0.1, 0.15) is 12.3 Å². The maximum atomic E-state index is 11.5. The average molecular weight is 418 g/mol. The number of benzene rings is 1. The molecule has 1 fully saturated rings. The molecule has 154 valence electrons. The van der Waals surface area contributed by atoms with Crippen molar-refractivity contribution in [3.63, 3.8) is 0 Å². The van der Waals surface area contributed by atoms with Crippen LogP contribution in [0.4, 0.5) is 0 Å². The largest absolute Gasteiger partial charge is 0.381 e. The third-order valence-corrected chi connectivity index (χ3v) is 5.75. The zero-order valence-corrected chi connectivity index (χ0v) is 16.7. The molecule has 1 aromatic carbocycles. The molecule has 0 bridgehead atoms. The molecule has 0 unspecified atom stereocenters. The molecule has 29 heavy (non-hydrogen) atoms. The van der Waals surface area contributed by atoms with Crippen LogP contribution >= 0.6 is 0 Å². The molecule has 4 rings (SSSR count). The van der Waals surface area contributed by atoms with Gasteiger partial charge in [0.15, 0.2) is 11.6 Å². The van der Waals surface area contributed by atoms with E-state index in [1.807, 2.05) is 6.07 Å². The lowest BCUT2D eigenvalue weighted by atomic mass is 9.96. The molecule has 0 radical (unpaired) electrons. The number of sulfonamides is 1. The Kier molecular flexibility index (Phi) is 5.46. The second-order valence-corrected chi connectivity index (χ2v) is 8.39. The van der Waals surface area contributed by atoms with Gasteiger partial charge in [0, 0.05) is 31.9 Å². The van der Waals surface area contributed by atoms with Crippen LogP contribution in [-0.4, -0.2) is 53.7 Å². The van der Waals surface area contributed by atoms with Gasteiger partial charge in [-0.1, -0.05) is 0 Å². The molecule has 11 heteroatoms. The van der Waals surface area contributed by atoms with Crippen molar-refractivity contribution in [2.45, 2.75) is 30.3 Å². The van der Waals surface area contributed by atoms with E-state index >= 15 is 0 Å². The Balaban J connectivity index is 1.71. The van der Waals surface area contributed by atoms with Crippen molar-refractivity contribution in [1.29, 1.82) is 0 Å². The fraction of sp³-hybridized carbons (Fsp3) is 0.389. The summed E-state index contributed by atoms with van der Waals surface area (Å²) in [4.78, 5) is 4.58. The number of hydrogen-bond acceptors (Lipinski definition) is 7. The number of nitrogens with one attached hydrogen (secondary N) is 1. The lowest BCUT2D eigenvalue weighted by Crippen LogP contribution is -2.14. The van der Waals surface area contributed by atoms with Crippen LogP contribution in [-0.2, 0) is 26.1 Å². The Morgan fingerprint density at radius 2 is 2.00 bits per heavy atom.